The molecule has 31 heavy (non-hydrogen) atoms. The molecule has 0 unspecified atom stereocenters. The Morgan fingerprint density at radius 1 is 1.19 bits per heavy atom. The van der Waals surface area contributed by atoms with E-state index in [0.717, 1.165) is 15.9 Å². The summed E-state index contributed by atoms with van der Waals surface area (Å²) >= 11 is 0. The van der Waals surface area contributed by atoms with Crippen molar-refractivity contribution in [1.82, 2.24) is 14.9 Å². The number of hydrogen-bond acceptors (Lipinski definition) is 4. The smallest absolute Gasteiger partial charge is 0.252 e. The second-order valence-electron chi connectivity index (χ2n) is 8.39. The molecule has 9 heteroatoms. The van der Waals surface area contributed by atoms with Crippen LogP contribution in [-0.4, -0.2) is 49.2 Å². The quantitative estimate of drug-likeness (QED) is 0.749. The van der Waals surface area contributed by atoms with Crippen molar-refractivity contribution in [2.45, 2.75) is 36.7 Å². The Balaban J connectivity index is 1.76. The van der Waals surface area contributed by atoms with Gasteiger partial charge in [0.25, 0.3) is 5.91 Å². The van der Waals surface area contributed by atoms with Gasteiger partial charge in [-0.2, -0.15) is 4.31 Å². The van der Waals surface area contributed by atoms with Crippen LogP contribution in [0.5, 0.6) is 0 Å². The molecule has 164 valence electrons. The SMILES string of the molecule is CC(C)NC(=O)[C@@H]1CN(S(=O)(=O)c2ccccc2F)C[C@]12Cc1ccccc1C(=O)N2. The maximum Gasteiger partial charge on any atom is 0.252 e. The minimum absolute atomic E-state index is 0.125. The number of sulfonamides is 1. The van der Waals surface area contributed by atoms with Crippen LogP contribution in [0.4, 0.5) is 4.39 Å². The van der Waals surface area contributed by atoms with Gasteiger partial charge in [-0.25, -0.2) is 12.8 Å². The third-order valence-electron chi connectivity index (χ3n) is 5.84. The maximum atomic E-state index is 14.3. The minimum atomic E-state index is -4.21. The second-order valence-corrected chi connectivity index (χ2v) is 10.3. The van der Waals surface area contributed by atoms with Crippen LogP contribution in [0.15, 0.2) is 53.4 Å². The Labute approximate surface area is 180 Å². The van der Waals surface area contributed by atoms with Crippen LogP contribution in [0.3, 0.4) is 0 Å². The van der Waals surface area contributed by atoms with E-state index < -0.39 is 32.2 Å². The first-order valence-corrected chi connectivity index (χ1v) is 11.5. The predicted octanol–water partition coefficient (Wildman–Crippen LogP) is 1.70. The third kappa shape index (κ3) is 3.72. The Hall–Kier alpha value is -2.78. The van der Waals surface area contributed by atoms with Crippen molar-refractivity contribution in [2.24, 2.45) is 5.92 Å². The van der Waals surface area contributed by atoms with Gasteiger partial charge in [0.05, 0.1) is 11.5 Å². The van der Waals surface area contributed by atoms with Crippen LogP contribution in [0.2, 0.25) is 0 Å². The minimum Gasteiger partial charge on any atom is -0.354 e. The summed E-state index contributed by atoms with van der Waals surface area (Å²) in [5.74, 6) is -2.38. The molecule has 1 fully saturated rings. The number of halogens is 1. The number of nitrogens with zero attached hydrogens (tertiary/aromatic N) is 1. The molecule has 0 bridgehead atoms. The van der Waals surface area contributed by atoms with Crippen LogP contribution < -0.4 is 10.6 Å². The van der Waals surface area contributed by atoms with Gasteiger partial charge in [0, 0.05) is 24.7 Å². The van der Waals surface area contributed by atoms with Crippen LogP contribution in [-0.2, 0) is 21.2 Å². The summed E-state index contributed by atoms with van der Waals surface area (Å²) in [6.07, 6.45) is 0.300. The van der Waals surface area contributed by atoms with Crippen LogP contribution >= 0.6 is 0 Å². The lowest BCUT2D eigenvalue weighted by Gasteiger charge is -2.39. The summed E-state index contributed by atoms with van der Waals surface area (Å²) in [5.41, 5.74) is 0.133. The molecule has 2 aromatic rings. The molecule has 2 heterocycles. The summed E-state index contributed by atoms with van der Waals surface area (Å²) in [6.45, 7) is 3.34. The van der Waals surface area contributed by atoms with Gasteiger partial charge in [0.15, 0.2) is 0 Å². The molecule has 1 spiro atoms. The van der Waals surface area contributed by atoms with Crippen molar-refractivity contribution in [3.63, 3.8) is 0 Å². The van der Waals surface area contributed by atoms with Crippen molar-refractivity contribution in [3.05, 3.63) is 65.5 Å². The van der Waals surface area contributed by atoms with E-state index >= 15 is 0 Å². The van der Waals surface area contributed by atoms with Gasteiger partial charge in [-0.3, -0.25) is 9.59 Å². The molecule has 2 aliphatic heterocycles. The standard InChI is InChI=1S/C22H24FN3O4S/c1-14(2)24-21(28)17-12-26(31(29,30)19-10-6-5-9-18(19)23)13-22(17)11-15-7-3-4-8-16(15)20(27)25-22/h3-10,14,17H,11-13H2,1-2H3,(H,24,28)(H,25,27)/t17-,22+/m0/s1. The number of nitrogens with one attached hydrogen (secondary N) is 2. The van der Waals surface area contributed by atoms with E-state index in [1.165, 1.54) is 18.2 Å². The fourth-order valence-corrected chi connectivity index (χ4v) is 6.03. The molecule has 2 amide bonds. The summed E-state index contributed by atoms with van der Waals surface area (Å²) in [5, 5.41) is 5.75. The lowest BCUT2D eigenvalue weighted by molar-refractivity contribution is -0.126. The number of rotatable bonds is 4. The zero-order chi connectivity index (χ0) is 22.4. The monoisotopic (exact) mass is 445 g/mol. The van der Waals surface area contributed by atoms with E-state index in [1.807, 2.05) is 13.8 Å². The first kappa shape index (κ1) is 21.5. The normalized spacial score (nSPS) is 23.6. The van der Waals surface area contributed by atoms with Gasteiger partial charge in [0.1, 0.15) is 10.7 Å². The molecule has 0 aromatic heterocycles. The fraction of sp³-hybridized carbons (Fsp3) is 0.364. The zero-order valence-corrected chi connectivity index (χ0v) is 18.1. The predicted molar refractivity (Wildman–Crippen MR) is 112 cm³/mol. The maximum absolute atomic E-state index is 14.3. The zero-order valence-electron chi connectivity index (χ0n) is 17.3. The molecule has 2 atom stereocenters. The highest BCUT2D eigenvalue weighted by Gasteiger charge is 2.56. The lowest BCUT2D eigenvalue weighted by atomic mass is 9.77. The van der Waals surface area contributed by atoms with Gasteiger partial charge in [-0.05, 0) is 44.0 Å². The number of carbonyl (C=O) groups excluding carboxylic acids is 2. The third-order valence-corrected chi connectivity index (χ3v) is 7.69. The summed E-state index contributed by atoms with van der Waals surface area (Å²) in [4.78, 5) is 25.5. The summed E-state index contributed by atoms with van der Waals surface area (Å²) < 4.78 is 41.9. The average Bonchev–Trinajstić information content (AvgIpc) is 3.07. The van der Waals surface area contributed by atoms with Crippen LogP contribution in [0.25, 0.3) is 0 Å². The molecule has 2 aliphatic rings. The second kappa shape index (κ2) is 7.72. The topological polar surface area (TPSA) is 95.6 Å². The summed E-state index contributed by atoms with van der Waals surface area (Å²) in [6, 6.07) is 12.0. The number of amides is 2. The Morgan fingerprint density at radius 2 is 1.87 bits per heavy atom. The first-order valence-electron chi connectivity index (χ1n) is 10.1. The van der Waals surface area contributed by atoms with Crippen molar-refractivity contribution < 1.29 is 22.4 Å². The Bertz CT molecular complexity index is 1150. The summed E-state index contributed by atoms with van der Waals surface area (Å²) in [7, 11) is -4.21. The number of hydrogen-bond donors (Lipinski definition) is 2. The van der Waals surface area contributed by atoms with Crippen LogP contribution in [0.1, 0.15) is 29.8 Å². The fourth-order valence-electron chi connectivity index (χ4n) is 4.44. The molecule has 0 aliphatic carbocycles. The van der Waals surface area contributed by atoms with E-state index in [0.29, 0.717) is 12.0 Å². The molecule has 4 rings (SSSR count). The van der Waals surface area contributed by atoms with Gasteiger partial charge in [-0.15, -0.1) is 0 Å². The highest BCUT2D eigenvalue weighted by molar-refractivity contribution is 7.89. The number of benzene rings is 2. The molecular weight excluding hydrogens is 421 g/mol. The van der Waals surface area contributed by atoms with Crippen molar-refractivity contribution >= 4 is 21.8 Å². The average molecular weight is 446 g/mol. The van der Waals surface area contributed by atoms with E-state index in [9.17, 15) is 22.4 Å². The molecular formula is C22H24FN3O4S. The first-order chi connectivity index (χ1) is 14.6. The van der Waals surface area contributed by atoms with Crippen molar-refractivity contribution in [2.75, 3.05) is 13.1 Å². The molecule has 7 nitrogen and oxygen atoms in total. The van der Waals surface area contributed by atoms with Gasteiger partial charge >= 0.3 is 0 Å². The number of carbonyl (C=O) groups is 2. The largest absolute Gasteiger partial charge is 0.354 e. The Kier molecular flexibility index (Phi) is 5.35. The lowest BCUT2D eigenvalue weighted by Crippen LogP contribution is -2.62. The Morgan fingerprint density at radius 3 is 2.58 bits per heavy atom. The highest BCUT2D eigenvalue weighted by Crippen LogP contribution is 2.38. The highest BCUT2D eigenvalue weighted by atomic mass is 32.2. The molecule has 1 saturated heterocycles. The van der Waals surface area contributed by atoms with Crippen LogP contribution in [0, 0.1) is 11.7 Å². The van der Waals surface area contributed by atoms with Gasteiger partial charge < -0.3 is 10.6 Å². The van der Waals surface area contributed by atoms with Gasteiger partial charge in [0.2, 0.25) is 15.9 Å². The van der Waals surface area contributed by atoms with Crippen molar-refractivity contribution in [3.8, 4) is 0 Å². The molecule has 2 N–H and O–H groups in total. The molecule has 0 saturated carbocycles. The van der Waals surface area contributed by atoms with Gasteiger partial charge in [-0.1, -0.05) is 30.3 Å². The van der Waals surface area contributed by atoms with Crippen molar-refractivity contribution in [1.29, 1.82) is 0 Å². The van der Waals surface area contributed by atoms with E-state index in [4.69, 9.17) is 0 Å². The molecule has 2 aromatic carbocycles. The van der Waals surface area contributed by atoms with E-state index in [-0.39, 0.29) is 30.9 Å². The number of fused-ring (bicyclic) bond motifs is 1. The van der Waals surface area contributed by atoms with E-state index in [2.05, 4.69) is 10.6 Å². The van der Waals surface area contributed by atoms with E-state index in [1.54, 1.807) is 24.3 Å². The molecule has 0 radical (unpaired) electrons.